The first-order chi connectivity index (χ1) is 8.84. The summed E-state index contributed by atoms with van der Waals surface area (Å²) in [4.78, 5) is 0. The zero-order chi connectivity index (χ0) is 14.5. The molecule has 0 fully saturated rings. The number of aryl methyl sites for hydroxylation is 1. The molecule has 1 aromatic carbocycles. The van der Waals surface area contributed by atoms with Crippen LogP contribution in [0.1, 0.15) is 25.0 Å². The summed E-state index contributed by atoms with van der Waals surface area (Å²) in [6.07, 6.45) is 0. The molecule has 3 N–H and O–H groups in total. The van der Waals surface area contributed by atoms with Crippen molar-refractivity contribution in [1.82, 2.24) is 4.72 Å². The summed E-state index contributed by atoms with van der Waals surface area (Å²) >= 11 is 0. The van der Waals surface area contributed by atoms with Crippen LogP contribution in [0, 0.1) is 18.8 Å². The summed E-state index contributed by atoms with van der Waals surface area (Å²) in [5, 5.41) is 8.61. The fourth-order valence-corrected chi connectivity index (χ4v) is 2.68. The van der Waals surface area contributed by atoms with Crippen molar-refractivity contribution < 1.29 is 13.5 Å². The predicted octanol–water partition coefficient (Wildman–Crippen LogP) is 0.994. The third kappa shape index (κ3) is 5.30. The second-order valence-electron chi connectivity index (χ2n) is 4.37. The zero-order valence-electron chi connectivity index (χ0n) is 11.2. The average molecular weight is 282 g/mol. The van der Waals surface area contributed by atoms with Gasteiger partial charge >= 0.3 is 0 Å². The number of hydrogen-bond acceptors (Lipinski definition) is 3. The maximum Gasteiger partial charge on any atom is 0.299 e. The summed E-state index contributed by atoms with van der Waals surface area (Å²) in [5.74, 6) is 5.30. The van der Waals surface area contributed by atoms with Crippen LogP contribution in [-0.2, 0) is 10.2 Å². The summed E-state index contributed by atoms with van der Waals surface area (Å²) < 4.78 is 28.4. The van der Waals surface area contributed by atoms with E-state index in [9.17, 15) is 8.42 Å². The SMILES string of the molecule is Cc1cc(C#CCO)ccc1NS(=O)(=O)NC(C)C. The standard InChI is InChI=1S/C13H18N2O3S/c1-10(2)14-19(17,18)15-13-7-6-12(5-4-8-16)9-11(13)3/h6-7,9-10,14-16H,8H2,1-3H3. The fourth-order valence-electron chi connectivity index (χ4n) is 1.48. The molecule has 0 aliphatic carbocycles. The smallest absolute Gasteiger partial charge is 0.299 e. The zero-order valence-corrected chi connectivity index (χ0v) is 12.0. The lowest BCUT2D eigenvalue weighted by atomic mass is 10.1. The van der Waals surface area contributed by atoms with E-state index in [0.717, 1.165) is 11.1 Å². The van der Waals surface area contributed by atoms with Crippen molar-refractivity contribution in [3.8, 4) is 11.8 Å². The van der Waals surface area contributed by atoms with E-state index in [1.54, 1.807) is 39.0 Å². The molecule has 19 heavy (non-hydrogen) atoms. The molecular weight excluding hydrogens is 264 g/mol. The van der Waals surface area contributed by atoms with Gasteiger partial charge in [0.25, 0.3) is 10.2 Å². The van der Waals surface area contributed by atoms with Crippen molar-refractivity contribution in [1.29, 1.82) is 0 Å². The first-order valence-electron chi connectivity index (χ1n) is 5.84. The number of hydrogen-bond donors (Lipinski definition) is 3. The van der Waals surface area contributed by atoms with E-state index in [0.29, 0.717) is 5.69 Å². The molecule has 0 atom stereocenters. The molecule has 0 radical (unpaired) electrons. The Balaban J connectivity index is 2.92. The lowest BCUT2D eigenvalue weighted by Gasteiger charge is -2.13. The predicted molar refractivity (Wildman–Crippen MR) is 76.0 cm³/mol. The second kappa shape index (κ2) is 6.57. The first kappa shape index (κ1) is 15.5. The van der Waals surface area contributed by atoms with Crippen molar-refractivity contribution in [3.05, 3.63) is 29.3 Å². The maximum absolute atomic E-state index is 11.7. The number of anilines is 1. The van der Waals surface area contributed by atoms with Gasteiger partial charge in [-0.25, -0.2) is 0 Å². The maximum atomic E-state index is 11.7. The van der Waals surface area contributed by atoms with Gasteiger partial charge in [0.1, 0.15) is 6.61 Å². The minimum absolute atomic E-state index is 0.174. The molecule has 5 nitrogen and oxygen atoms in total. The van der Waals surface area contributed by atoms with E-state index in [-0.39, 0.29) is 12.6 Å². The minimum Gasteiger partial charge on any atom is -0.384 e. The second-order valence-corrected chi connectivity index (χ2v) is 5.81. The number of aliphatic hydroxyl groups excluding tert-OH is 1. The van der Waals surface area contributed by atoms with Crippen LogP contribution in [-0.4, -0.2) is 26.2 Å². The van der Waals surface area contributed by atoms with Crippen LogP contribution in [0.3, 0.4) is 0 Å². The van der Waals surface area contributed by atoms with Crippen LogP contribution < -0.4 is 9.44 Å². The van der Waals surface area contributed by atoms with E-state index in [1.807, 2.05) is 0 Å². The van der Waals surface area contributed by atoms with E-state index in [4.69, 9.17) is 5.11 Å². The van der Waals surface area contributed by atoms with Gasteiger partial charge in [-0.05, 0) is 44.5 Å². The number of nitrogens with one attached hydrogen (secondary N) is 2. The Morgan fingerprint density at radius 2 is 2.05 bits per heavy atom. The van der Waals surface area contributed by atoms with Gasteiger partial charge < -0.3 is 5.11 Å². The van der Waals surface area contributed by atoms with Crippen molar-refractivity contribution in [3.63, 3.8) is 0 Å². The Labute approximate surface area is 114 Å². The van der Waals surface area contributed by atoms with Crippen LogP contribution in [0.5, 0.6) is 0 Å². The number of benzene rings is 1. The average Bonchev–Trinajstić information content (AvgIpc) is 2.27. The highest BCUT2D eigenvalue weighted by atomic mass is 32.2. The highest BCUT2D eigenvalue weighted by Gasteiger charge is 2.12. The van der Waals surface area contributed by atoms with Crippen LogP contribution in [0.4, 0.5) is 5.69 Å². The van der Waals surface area contributed by atoms with Gasteiger partial charge in [-0.1, -0.05) is 11.8 Å². The Kier molecular flexibility index (Phi) is 5.36. The van der Waals surface area contributed by atoms with E-state index in [2.05, 4.69) is 21.3 Å². The van der Waals surface area contributed by atoms with Crippen molar-refractivity contribution in [2.45, 2.75) is 26.8 Å². The lowest BCUT2D eigenvalue weighted by Crippen LogP contribution is -2.35. The molecule has 0 amide bonds. The van der Waals surface area contributed by atoms with Gasteiger partial charge in [0, 0.05) is 11.6 Å². The Hall–Kier alpha value is -1.55. The Morgan fingerprint density at radius 3 is 2.58 bits per heavy atom. The van der Waals surface area contributed by atoms with Crippen molar-refractivity contribution in [2.24, 2.45) is 0 Å². The molecule has 0 aromatic heterocycles. The molecule has 0 heterocycles. The minimum atomic E-state index is -3.56. The Morgan fingerprint density at radius 1 is 1.37 bits per heavy atom. The van der Waals surface area contributed by atoms with E-state index >= 15 is 0 Å². The van der Waals surface area contributed by atoms with Crippen LogP contribution in [0.15, 0.2) is 18.2 Å². The van der Waals surface area contributed by atoms with Crippen molar-refractivity contribution >= 4 is 15.9 Å². The molecule has 0 unspecified atom stereocenters. The van der Waals surface area contributed by atoms with Gasteiger partial charge in [0.2, 0.25) is 0 Å². The molecule has 0 saturated carbocycles. The molecule has 0 aliphatic rings. The Bertz CT molecular complexity index is 598. The summed E-state index contributed by atoms with van der Waals surface area (Å²) in [6.45, 7) is 5.09. The largest absolute Gasteiger partial charge is 0.384 e. The number of aliphatic hydroxyl groups is 1. The lowest BCUT2D eigenvalue weighted by molar-refractivity contribution is 0.350. The highest BCUT2D eigenvalue weighted by molar-refractivity contribution is 7.90. The summed E-state index contributed by atoms with van der Waals surface area (Å²) in [6, 6.07) is 4.93. The third-order valence-electron chi connectivity index (χ3n) is 2.17. The molecule has 1 aromatic rings. The molecular formula is C13H18N2O3S. The first-order valence-corrected chi connectivity index (χ1v) is 7.33. The van der Waals surface area contributed by atoms with Gasteiger partial charge in [-0.2, -0.15) is 13.1 Å². The molecule has 0 bridgehead atoms. The fraction of sp³-hybridized carbons (Fsp3) is 0.385. The molecule has 0 spiro atoms. The van der Waals surface area contributed by atoms with Gasteiger partial charge in [-0.15, -0.1) is 0 Å². The number of rotatable bonds is 4. The van der Waals surface area contributed by atoms with E-state index in [1.165, 1.54) is 0 Å². The van der Waals surface area contributed by atoms with Crippen LogP contribution in [0.2, 0.25) is 0 Å². The van der Waals surface area contributed by atoms with E-state index < -0.39 is 10.2 Å². The highest BCUT2D eigenvalue weighted by Crippen LogP contribution is 2.17. The van der Waals surface area contributed by atoms with Crippen LogP contribution in [0.25, 0.3) is 0 Å². The molecule has 0 aliphatic heterocycles. The quantitative estimate of drug-likeness (QED) is 0.721. The molecule has 104 valence electrons. The summed E-state index contributed by atoms with van der Waals surface area (Å²) in [7, 11) is -3.56. The normalized spacial score (nSPS) is 11.0. The van der Waals surface area contributed by atoms with Gasteiger partial charge in [0.05, 0.1) is 5.69 Å². The monoisotopic (exact) mass is 282 g/mol. The molecule has 1 rings (SSSR count). The summed E-state index contributed by atoms with van der Waals surface area (Å²) in [5.41, 5.74) is 1.99. The topological polar surface area (TPSA) is 78.4 Å². The molecule has 0 saturated heterocycles. The van der Waals surface area contributed by atoms with Crippen LogP contribution >= 0.6 is 0 Å². The van der Waals surface area contributed by atoms with Gasteiger partial charge in [-0.3, -0.25) is 4.72 Å². The van der Waals surface area contributed by atoms with Crippen molar-refractivity contribution in [2.75, 3.05) is 11.3 Å². The third-order valence-corrected chi connectivity index (χ3v) is 3.44. The van der Waals surface area contributed by atoms with Gasteiger partial charge in [0.15, 0.2) is 0 Å². The molecule has 6 heteroatoms.